The molecule has 0 saturated carbocycles. The summed E-state index contributed by atoms with van der Waals surface area (Å²) in [5.74, 6) is 1.45. The van der Waals surface area contributed by atoms with Crippen molar-refractivity contribution in [1.82, 2.24) is 0 Å². The minimum absolute atomic E-state index is 0.0226. The van der Waals surface area contributed by atoms with Crippen molar-refractivity contribution < 1.29 is 9.21 Å². The smallest absolute Gasteiger partial charge is 0.228 e. The van der Waals surface area contributed by atoms with E-state index in [9.17, 15) is 4.79 Å². The van der Waals surface area contributed by atoms with E-state index in [-0.39, 0.29) is 5.91 Å². The number of halogens is 1. The molecule has 3 N–H and O–H groups in total. The normalized spacial score (nSPS) is 15.2. The van der Waals surface area contributed by atoms with Crippen LogP contribution in [-0.4, -0.2) is 5.91 Å². The first-order valence-corrected chi connectivity index (χ1v) is 6.36. The largest absolute Gasteiger partial charge is 0.464 e. The van der Waals surface area contributed by atoms with Gasteiger partial charge in [0.05, 0.1) is 12.5 Å². The van der Waals surface area contributed by atoms with Crippen LogP contribution in [0.5, 0.6) is 0 Å². The van der Waals surface area contributed by atoms with Gasteiger partial charge in [-0.1, -0.05) is 11.6 Å². The molecular formula is C14H13ClN2O2. The third-order valence-corrected chi connectivity index (χ3v) is 3.58. The summed E-state index contributed by atoms with van der Waals surface area (Å²) in [5.41, 5.74) is 8.63. The first-order chi connectivity index (χ1) is 9.04. The van der Waals surface area contributed by atoms with Gasteiger partial charge in [0.25, 0.3) is 0 Å². The molecule has 5 heteroatoms. The van der Waals surface area contributed by atoms with E-state index in [1.807, 2.05) is 25.1 Å². The van der Waals surface area contributed by atoms with Crippen LogP contribution in [0.2, 0.25) is 5.02 Å². The molecule has 0 saturated heterocycles. The van der Waals surface area contributed by atoms with E-state index in [1.165, 1.54) is 0 Å². The molecule has 3 rings (SSSR count). The molecule has 1 aromatic carbocycles. The van der Waals surface area contributed by atoms with Crippen molar-refractivity contribution in [3.63, 3.8) is 0 Å². The van der Waals surface area contributed by atoms with Crippen LogP contribution in [0.3, 0.4) is 0 Å². The molecule has 1 unspecified atom stereocenters. The monoisotopic (exact) mass is 276 g/mol. The number of amides is 1. The van der Waals surface area contributed by atoms with Gasteiger partial charge < -0.3 is 15.5 Å². The van der Waals surface area contributed by atoms with E-state index in [2.05, 4.69) is 5.32 Å². The van der Waals surface area contributed by atoms with Gasteiger partial charge in [0.15, 0.2) is 0 Å². The van der Waals surface area contributed by atoms with Crippen LogP contribution >= 0.6 is 11.6 Å². The number of anilines is 1. The van der Waals surface area contributed by atoms with E-state index in [0.717, 1.165) is 22.6 Å². The van der Waals surface area contributed by atoms with Crippen LogP contribution in [0.25, 0.3) is 0 Å². The van der Waals surface area contributed by atoms with Crippen LogP contribution in [0.1, 0.15) is 28.7 Å². The second-order valence-electron chi connectivity index (χ2n) is 4.68. The zero-order valence-electron chi connectivity index (χ0n) is 10.4. The molecule has 1 aliphatic heterocycles. The molecule has 4 nitrogen and oxygen atoms in total. The molecule has 1 atom stereocenters. The molecule has 1 amide bonds. The van der Waals surface area contributed by atoms with Crippen molar-refractivity contribution in [2.75, 3.05) is 5.32 Å². The summed E-state index contributed by atoms with van der Waals surface area (Å²) < 4.78 is 5.53. The number of aryl methyl sites for hydroxylation is 1. The summed E-state index contributed by atoms with van der Waals surface area (Å²) in [5, 5.41) is 3.29. The van der Waals surface area contributed by atoms with Gasteiger partial charge in [-0.2, -0.15) is 0 Å². The average molecular weight is 277 g/mol. The van der Waals surface area contributed by atoms with Gasteiger partial charge in [0.1, 0.15) is 11.5 Å². The Morgan fingerprint density at radius 3 is 2.89 bits per heavy atom. The highest BCUT2D eigenvalue weighted by Crippen LogP contribution is 2.34. The molecule has 0 fully saturated rings. The van der Waals surface area contributed by atoms with Crippen LogP contribution < -0.4 is 11.1 Å². The third-order valence-electron chi connectivity index (χ3n) is 3.25. The molecule has 19 heavy (non-hydrogen) atoms. The number of benzene rings is 1. The van der Waals surface area contributed by atoms with E-state index in [1.54, 1.807) is 6.07 Å². The summed E-state index contributed by atoms with van der Waals surface area (Å²) in [7, 11) is 0. The van der Waals surface area contributed by atoms with Gasteiger partial charge in [-0.05, 0) is 42.3 Å². The molecule has 2 aromatic rings. The molecule has 0 bridgehead atoms. The lowest BCUT2D eigenvalue weighted by atomic mass is 10.0. The predicted octanol–water partition coefficient (Wildman–Crippen LogP) is 2.78. The average Bonchev–Trinajstić information content (AvgIpc) is 2.92. The number of fused-ring (bicyclic) bond motifs is 1. The minimum Gasteiger partial charge on any atom is -0.464 e. The van der Waals surface area contributed by atoms with Crippen molar-refractivity contribution in [2.24, 2.45) is 5.73 Å². The number of carbonyl (C=O) groups is 1. The molecule has 0 radical (unpaired) electrons. The molecule has 2 heterocycles. The van der Waals surface area contributed by atoms with Crippen LogP contribution in [0.15, 0.2) is 28.7 Å². The Kier molecular flexibility index (Phi) is 2.84. The van der Waals surface area contributed by atoms with Crippen molar-refractivity contribution in [2.45, 2.75) is 19.4 Å². The standard InChI is InChI=1S/C14H13ClN2O2/c1-7-2-3-12(19-7)14(16)9-4-8-5-13(18)17-11(8)6-10(9)15/h2-4,6,14H,5,16H2,1H3,(H,17,18). The zero-order valence-corrected chi connectivity index (χ0v) is 11.1. The zero-order chi connectivity index (χ0) is 13.6. The maximum atomic E-state index is 11.4. The second kappa shape index (κ2) is 4.40. The highest BCUT2D eigenvalue weighted by atomic mass is 35.5. The summed E-state index contributed by atoms with van der Waals surface area (Å²) in [4.78, 5) is 11.4. The van der Waals surface area contributed by atoms with Gasteiger partial charge in [-0.25, -0.2) is 0 Å². The third kappa shape index (κ3) is 2.13. The number of carbonyl (C=O) groups excluding carboxylic acids is 1. The lowest BCUT2D eigenvalue weighted by Gasteiger charge is -2.13. The maximum Gasteiger partial charge on any atom is 0.228 e. The van der Waals surface area contributed by atoms with E-state index >= 15 is 0 Å². The molecule has 0 spiro atoms. The van der Waals surface area contributed by atoms with Gasteiger partial charge in [-0.3, -0.25) is 4.79 Å². The fourth-order valence-corrected chi connectivity index (χ4v) is 2.56. The summed E-state index contributed by atoms with van der Waals surface area (Å²) in [6, 6.07) is 6.89. The minimum atomic E-state index is -0.429. The summed E-state index contributed by atoms with van der Waals surface area (Å²) >= 11 is 6.23. The summed E-state index contributed by atoms with van der Waals surface area (Å²) in [6.45, 7) is 1.86. The number of rotatable bonds is 2. The first-order valence-electron chi connectivity index (χ1n) is 5.98. The quantitative estimate of drug-likeness (QED) is 0.886. The van der Waals surface area contributed by atoms with Gasteiger partial charge >= 0.3 is 0 Å². The number of nitrogens with two attached hydrogens (primary N) is 1. The topological polar surface area (TPSA) is 68.3 Å². The number of hydrogen-bond donors (Lipinski definition) is 2. The number of hydrogen-bond acceptors (Lipinski definition) is 3. The maximum absolute atomic E-state index is 11.4. The molecule has 1 aromatic heterocycles. The Morgan fingerprint density at radius 1 is 1.42 bits per heavy atom. The van der Waals surface area contributed by atoms with Crippen molar-refractivity contribution in [3.8, 4) is 0 Å². The lowest BCUT2D eigenvalue weighted by molar-refractivity contribution is -0.115. The molecule has 98 valence electrons. The van der Waals surface area contributed by atoms with Crippen LogP contribution in [0.4, 0.5) is 5.69 Å². The number of nitrogens with one attached hydrogen (secondary N) is 1. The van der Waals surface area contributed by atoms with E-state index in [0.29, 0.717) is 17.2 Å². The Hall–Kier alpha value is -1.78. The molecule has 1 aliphatic rings. The second-order valence-corrected chi connectivity index (χ2v) is 5.09. The summed E-state index contributed by atoms with van der Waals surface area (Å²) in [6.07, 6.45) is 0.364. The Labute approximate surface area is 115 Å². The van der Waals surface area contributed by atoms with Gasteiger partial charge in [0.2, 0.25) is 5.91 Å². The lowest BCUT2D eigenvalue weighted by Crippen LogP contribution is -2.12. The number of furan rings is 1. The SMILES string of the molecule is Cc1ccc(C(N)c2cc3c(cc2Cl)NC(=O)C3)o1. The van der Waals surface area contributed by atoms with Gasteiger partial charge in [-0.15, -0.1) is 0 Å². The fraction of sp³-hybridized carbons (Fsp3) is 0.214. The molecular weight excluding hydrogens is 264 g/mol. The predicted molar refractivity (Wildman–Crippen MR) is 73.3 cm³/mol. The van der Waals surface area contributed by atoms with Crippen molar-refractivity contribution in [1.29, 1.82) is 0 Å². The fourth-order valence-electron chi connectivity index (χ4n) is 2.28. The van der Waals surface area contributed by atoms with E-state index < -0.39 is 6.04 Å². The Morgan fingerprint density at radius 2 is 2.21 bits per heavy atom. The first kappa shape index (κ1) is 12.3. The highest BCUT2D eigenvalue weighted by molar-refractivity contribution is 6.32. The Bertz CT molecular complexity index is 663. The van der Waals surface area contributed by atoms with Crippen molar-refractivity contribution in [3.05, 3.63) is 51.9 Å². The highest BCUT2D eigenvalue weighted by Gasteiger charge is 2.23. The van der Waals surface area contributed by atoms with Crippen molar-refractivity contribution >= 4 is 23.2 Å². The Balaban J connectivity index is 2.02. The van der Waals surface area contributed by atoms with Crippen LogP contribution in [0, 0.1) is 6.92 Å². The van der Waals surface area contributed by atoms with Gasteiger partial charge in [0, 0.05) is 10.7 Å². The van der Waals surface area contributed by atoms with Crippen LogP contribution in [-0.2, 0) is 11.2 Å². The molecule has 0 aliphatic carbocycles. The van der Waals surface area contributed by atoms with E-state index in [4.69, 9.17) is 21.8 Å².